The molecule has 1 aliphatic carbocycles. The third-order valence-corrected chi connectivity index (χ3v) is 5.34. The monoisotopic (exact) mass is 417 g/mol. The van der Waals surface area contributed by atoms with Gasteiger partial charge in [-0.2, -0.15) is 8.78 Å². The molecule has 1 atom stereocenters. The minimum atomic E-state index is -2.64. The first-order valence-electron chi connectivity index (χ1n) is 9.64. The van der Waals surface area contributed by atoms with Crippen LogP contribution in [0.25, 0.3) is 0 Å². The fraction of sp³-hybridized carbons (Fsp3) is 0.600. The molecule has 1 fully saturated rings. The highest BCUT2D eigenvalue weighted by Gasteiger charge is 2.36. The highest BCUT2D eigenvalue weighted by Crippen LogP contribution is 2.41. The van der Waals surface area contributed by atoms with Crippen LogP contribution in [-0.2, 0) is 11.3 Å². The van der Waals surface area contributed by atoms with Gasteiger partial charge in [-0.3, -0.25) is 20.3 Å². The van der Waals surface area contributed by atoms with Crippen LogP contribution in [0, 0.1) is 0 Å². The number of halogens is 4. The summed E-state index contributed by atoms with van der Waals surface area (Å²) in [6.07, 6.45) is 3.14. The molecule has 1 aliphatic rings. The van der Waals surface area contributed by atoms with Crippen molar-refractivity contribution in [2.45, 2.75) is 69.9 Å². The molecule has 0 aliphatic heterocycles. The van der Waals surface area contributed by atoms with E-state index in [2.05, 4.69) is 16.9 Å². The van der Waals surface area contributed by atoms with Gasteiger partial charge in [0.15, 0.2) is 0 Å². The van der Waals surface area contributed by atoms with Gasteiger partial charge in [0.05, 0.1) is 6.54 Å². The highest BCUT2D eigenvalue weighted by atomic mass is 19.3. The molecule has 2 N–H and O–H groups in total. The van der Waals surface area contributed by atoms with Crippen molar-refractivity contribution < 1.29 is 27.6 Å². The maximum Gasteiger partial charge on any atom is 0.292 e. The van der Waals surface area contributed by atoms with Crippen molar-refractivity contribution >= 4 is 5.91 Å². The lowest BCUT2D eigenvalue weighted by Gasteiger charge is -2.29. The fourth-order valence-corrected chi connectivity index (χ4v) is 3.58. The summed E-state index contributed by atoms with van der Waals surface area (Å²) in [4.78, 5) is 16.0. The Labute approximate surface area is 167 Å². The second-order valence-electron chi connectivity index (χ2n) is 7.48. The number of hydroxylamine groups is 2. The Morgan fingerprint density at radius 2 is 2.10 bits per heavy atom. The van der Waals surface area contributed by atoms with Crippen molar-refractivity contribution in [1.82, 2.24) is 15.4 Å². The van der Waals surface area contributed by atoms with Crippen LogP contribution >= 0.6 is 0 Å². The number of nitrogens with one attached hydrogen (secondary N) is 1. The van der Waals surface area contributed by atoms with Gasteiger partial charge in [0.25, 0.3) is 12.5 Å². The van der Waals surface area contributed by atoms with Crippen molar-refractivity contribution in [3.8, 4) is 0 Å². The number of hydrogen-bond donors (Lipinski definition) is 2. The number of carbonyl (C=O) groups excluding carboxylic acids is 1. The van der Waals surface area contributed by atoms with Crippen molar-refractivity contribution in [2.75, 3.05) is 6.54 Å². The van der Waals surface area contributed by atoms with E-state index >= 15 is 0 Å². The molecule has 0 bridgehead atoms. The first kappa shape index (κ1) is 23.3. The quantitative estimate of drug-likeness (QED) is 0.203. The van der Waals surface area contributed by atoms with E-state index in [1.165, 1.54) is 6.20 Å². The van der Waals surface area contributed by atoms with Gasteiger partial charge in [-0.15, -0.1) is 0 Å². The zero-order valence-electron chi connectivity index (χ0n) is 16.4. The topological polar surface area (TPSA) is 65.5 Å². The van der Waals surface area contributed by atoms with Crippen LogP contribution in [0.3, 0.4) is 0 Å². The average Bonchev–Trinajstić information content (AvgIpc) is 2.67. The second kappa shape index (κ2) is 10.2. The van der Waals surface area contributed by atoms with Crippen LogP contribution in [-0.4, -0.2) is 40.2 Å². The molecule has 2 rings (SSSR count). The number of aromatic nitrogens is 1. The standard InChI is InChI=1S/C20H27F4N3O2/c1-3-18(28)27(29)12-15-11-26-17(14-4-7-20(23,24)8-5-14)10-16(15)13(2)6-9-25-19(21)22/h3,10-11,13-14,19,25,29H,1,4-9,12H2,2H3. The third-order valence-electron chi connectivity index (χ3n) is 5.34. The van der Waals surface area contributed by atoms with E-state index in [1.54, 1.807) is 6.07 Å². The van der Waals surface area contributed by atoms with Crippen LogP contribution in [0.5, 0.6) is 0 Å². The van der Waals surface area contributed by atoms with Crippen molar-refractivity contribution in [3.05, 3.63) is 41.7 Å². The average molecular weight is 417 g/mol. The summed E-state index contributed by atoms with van der Waals surface area (Å²) in [5, 5.41) is 12.5. The van der Waals surface area contributed by atoms with Crippen LogP contribution < -0.4 is 5.32 Å². The first-order chi connectivity index (χ1) is 13.6. The summed E-state index contributed by atoms with van der Waals surface area (Å²) in [5.74, 6) is -3.60. The fourth-order valence-electron chi connectivity index (χ4n) is 3.58. The Balaban J connectivity index is 2.23. The zero-order valence-corrected chi connectivity index (χ0v) is 16.4. The molecule has 0 spiro atoms. The minimum absolute atomic E-state index is 0.0833. The Morgan fingerprint density at radius 3 is 2.69 bits per heavy atom. The molecule has 1 amide bonds. The van der Waals surface area contributed by atoms with Crippen LogP contribution in [0.1, 0.15) is 67.7 Å². The van der Waals surface area contributed by atoms with Crippen LogP contribution in [0.15, 0.2) is 24.9 Å². The number of rotatable bonds is 9. The van der Waals surface area contributed by atoms with E-state index in [-0.39, 0.29) is 37.8 Å². The van der Waals surface area contributed by atoms with E-state index < -0.39 is 18.4 Å². The number of hydrogen-bond acceptors (Lipinski definition) is 4. The molecule has 9 heteroatoms. The molecular formula is C20H27F4N3O2. The summed E-state index contributed by atoms with van der Waals surface area (Å²) in [5.41, 5.74) is 1.99. The van der Waals surface area contributed by atoms with E-state index in [9.17, 15) is 27.6 Å². The number of carbonyl (C=O) groups is 1. The molecule has 162 valence electrons. The predicted molar refractivity (Wildman–Crippen MR) is 100.0 cm³/mol. The predicted octanol–water partition coefficient (Wildman–Crippen LogP) is 4.58. The van der Waals surface area contributed by atoms with Gasteiger partial charge in [-0.05, 0) is 48.4 Å². The maximum atomic E-state index is 13.5. The maximum absolute atomic E-state index is 13.5. The number of pyridine rings is 1. The normalized spacial score (nSPS) is 17.9. The Morgan fingerprint density at radius 1 is 1.45 bits per heavy atom. The van der Waals surface area contributed by atoms with Gasteiger partial charge in [-0.1, -0.05) is 13.5 Å². The largest absolute Gasteiger partial charge is 0.292 e. The van der Waals surface area contributed by atoms with Gasteiger partial charge in [0.1, 0.15) is 0 Å². The van der Waals surface area contributed by atoms with E-state index in [1.807, 2.05) is 6.92 Å². The number of amides is 1. The van der Waals surface area contributed by atoms with Gasteiger partial charge in [0, 0.05) is 37.2 Å². The van der Waals surface area contributed by atoms with E-state index in [0.29, 0.717) is 35.6 Å². The lowest BCUT2D eigenvalue weighted by atomic mass is 9.83. The Kier molecular flexibility index (Phi) is 8.15. The van der Waals surface area contributed by atoms with E-state index in [4.69, 9.17) is 0 Å². The van der Waals surface area contributed by atoms with Gasteiger partial charge >= 0.3 is 0 Å². The summed E-state index contributed by atoms with van der Waals surface area (Å²) in [6, 6.07) is 1.79. The van der Waals surface area contributed by atoms with Gasteiger partial charge < -0.3 is 0 Å². The molecule has 1 saturated carbocycles. The summed E-state index contributed by atoms with van der Waals surface area (Å²) < 4.78 is 51.7. The molecule has 29 heavy (non-hydrogen) atoms. The summed E-state index contributed by atoms with van der Waals surface area (Å²) in [7, 11) is 0. The van der Waals surface area contributed by atoms with E-state index in [0.717, 1.165) is 11.6 Å². The lowest BCUT2D eigenvalue weighted by Crippen LogP contribution is -2.27. The zero-order chi connectivity index (χ0) is 21.6. The van der Waals surface area contributed by atoms with Crippen molar-refractivity contribution in [1.29, 1.82) is 0 Å². The summed E-state index contributed by atoms with van der Waals surface area (Å²) in [6.45, 7) is 2.50. The highest BCUT2D eigenvalue weighted by molar-refractivity contribution is 5.85. The molecule has 5 nitrogen and oxygen atoms in total. The van der Waals surface area contributed by atoms with Crippen LogP contribution in [0.2, 0.25) is 0 Å². The molecule has 0 radical (unpaired) electrons. The van der Waals surface area contributed by atoms with Crippen molar-refractivity contribution in [2.24, 2.45) is 0 Å². The minimum Gasteiger partial charge on any atom is -0.285 e. The molecular weight excluding hydrogens is 390 g/mol. The first-order valence-corrected chi connectivity index (χ1v) is 9.64. The van der Waals surface area contributed by atoms with Crippen LogP contribution in [0.4, 0.5) is 17.6 Å². The second-order valence-corrected chi connectivity index (χ2v) is 7.48. The smallest absolute Gasteiger partial charge is 0.285 e. The lowest BCUT2D eigenvalue weighted by molar-refractivity contribution is -0.161. The number of nitrogens with zero attached hydrogens (tertiary/aromatic N) is 2. The number of alkyl halides is 4. The Hall–Kier alpha value is -2.00. The molecule has 1 unspecified atom stereocenters. The molecule has 1 heterocycles. The Bertz CT molecular complexity index is 705. The molecule has 0 saturated heterocycles. The van der Waals surface area contributed by atoms with Gasteiger partial charge in [0.2, 0.25) is 5.92 Å². The summed E-state index contributed by atoms with van der Waals surface area (Å²) >= 11 is 0. The molecule has 1 aromatic rings. The molecule has 1 aromatic heterocycles. The van der Waals surface area contributed by atoms with Crippen molar-refractivity contribution in [3.63, 3.8) is 0 Å². The molecule has 0 aromatic carbocycles. The third kappa shape index (κ3) is 6.78. The van der Waals surface area contributed by atoms with Gasteiger partial charge in [-0.25, -0.2) is 13.8 Å². The SMILES string of the molecule is C=CC(=O)N(O)Cc1cnc(C2CCC(F)(F)CC2)cc1C(C)CCNC(F)F.